The molecule has 0 heterocycles. The van der Waals surface area contributed by atoms with Crippen LogP contribution in [0.3, 0.4) is 0 Å². The minimum absolute atomic E-state index is 0.516. The number of benzene rings is 1. The topological polar surface area (TPSA) is 0 Å². The van der Waals surface area contributed by atoms with Gasteiger partial charge in [-0.3, -0.25) is 0 Å². The van der Waals surface area contributed by atoms with E-state index in [1.165, 1.54) is 0 Å². The molecule has 0 aromatic heterocycles. The average molecular weight is 372 g/mol. The molecule has 0 unspecified atom stereocenters. The van der Waals surface area contributed by atoms with Crippen LogP contribution in [0.1, 0.15) is 5.56 Å². The van der Waals surface area contributed by atoms with Gasteiger partial charge in [-0.25, -0.2) is 0 Å². The van der Waals surface area contributed by atoms with Gasteiger partial charge >= 0.3 is 98.4 Å². The molecular formula is C8H6Cl4Te. The van der Waals surface area contributed by atoms with E-state index in [9.17, 15) is 0 Å². The van der Waals surface area contributed by atoms with Crippen LogP contribution in [0, 0.1) is 0 Å². The van der Waals surface area contributed by atoms with E-state index >= 15 is 0 Å². The van der Waals surface area contributed by atoms with E-state index in [1.54, 1.807) is 4.12 Å². The number of hydrogen-bond donors (Lipinski definition) is 0. The standard InChI is InChI=1S/C8H6Cl4Te/c9-8(6-13(10,11)12)7-4-2-1-3-5-7/h1-6H. The second-order valence-corrected chi connectivity index (χ2v) is 18.9. The minimum atomic E-state index is -3.27. The second kappa shape index (κ2) is 5.12. The van der Waals surface area contributed by atoms with E-state index in [1.807, 2.05) is 30.3 Å². The molecule has 0 amide bonds. The van der Waals surface area contributed by atoms with Crippen molar-refractivity contribution < 1.29 is 0 Å². The summed E-state index contributed by atoms with van der Waals surface area (Å²) in [6.07, 6.45) is 0. The van der Waals surface area contributed by atoms with Crippen LogP contribution in [0.25, 0.3) is 5.03 Å². The summed E-state index contributed by atoms with van der Waals surface area (Å²) in [5.41, 5.74) is 0.877. The van der Waals surface area contributed by atoms with E-state index in [4.69, 9.17) is 38.5 Å². The van der Waals surface area contributed by atoms with E-state index in [2.05, 4.69) is 0 Å². The first-order valence-electron chi connectivity index (χ1n) is 3.34. The molecule has 0 fully saturated rings. The fourth-order valence-electron chi connectivity index (χ4n) is 0.783. The number of rotatable bonds is 2. The fraction of sp³-hybridized carbons (Fsp3) is 0. The van der Waals surface area contributed by atoms with Crippen molar-refractivity contribution in [3.63, 3.8) is 0 Å². The zero-order valence-electron chi connectivity index (χ0n) is 6.38. The van der Waals surface area contributed by atoms with Gasteiger partial charge in [0.25, 0.3) is 0 Å². The molecule has 0 aliphatic rings. The average Bonchev–Trinajstić information content (AvgIpc) is 2.03. The van der Waals surface area contributed by atoms with Gasteiger partial charge < -0.3 is 0 Å². The second-order valence-electron chi connectivity index (χ2n) is 2.27. The van der Waals surface area contributed by atoms with Gasteiger partial charge in [-0.1, -0.05) is 0 Å². The first-order chi connectivity index (χ1) is 5.99. The van der Waals surface area contributed by atoms with Gasteiger partial charge in [-0.2, -0.15) is 0 Å². The Kier molecular flexibility index (Phi) is 4.72. The molecule has 0 atom stereocenters. The predicted octanol–water partition coefficient (Wildman–Crippen LogP) is 4.46. The molecule has 0 saturated heterocycles. The summed E-state index contributed by atoms with van der Waals surface area (Å²) in [6.45, 7) is 0. The molecule has 5 heteroatoms. The Morgan fingerprint density at radius 2 is 1.62 bits per heavy atom. The van der Waals surface area contributed by atoms with Gasteiger partial charge in [0.05, 0.1) is 0 Å². The van der Waals surface area contributed by atoms with Gasteiger partial charge in [-0.15, -0.1) is 0 Å². The third-order valence-electron chi connectivity index (χ3n) is 1.29. The zero-order chi connectivity index (χ0) is 9.90. The van der Waals surface area contributed by atoms with Gasteiger partial charge in [0, 0.05) is 0 Å². The number of halogens is 4. The SMILES string of the molecule is ClC(=C[Te](Cl)(Cl)Cl)c1ccccc1. The van der Waals surface area contributed by atoms with Crippen LogP contribution >= 0.6 is 38.5 Å². The summed E-state index contributed by atoms with van der Waals surface area (Å²) >= 11 is 2.68. The Morgan fingerprint density at radius 1 is 1.08 bits per heavy atom. The van der Waals surface area contributed by atoms with E-state index in [0.717, 1.165) is 5.56 Å². The van der Waals surface area contributed by atoms with Crippen molar-refractivity contribution in [2.24, 2.45) is 0 Å². The molecule has 13 heavy (non-hydrogen) atoms. The monoisotopic (exact) mass is 372 g/mol. The maximum absolute atomic E-state index is 5.95. The Bertz CT molecular complexity index is 302. The molecule has 0 nitrogen and oxygen atoms in total. The van der Waals surface area contributed by atoms with Crippen molar-refractivity contribution in [1.82, 2.24) is 0 Å². The molecule has 0 aliphatic heterocycles. The van der Waals surface area contributed by atoms with Crippen LogP contribution in [0.4, 0.5) is 0 Å². The first-order valence-corrected chi connectivity index (χ1v) is 13.9. The fourth-order valence-corrected chi connectivity index (χ4v) is 5.57. The Balaban J connectivity index is 2.92. The third kappa shape index (κ3) is 4.79. The first kappa shape index (κ1) is 12.0. The summed E-state index contributed by atoms with van der Waals surface area (Å²) in [4.78, 5) is 0. The third-order valence-corrected chi connectivity index (χ3v) is 5.25. The predicted molar refractivity (Wildman–Crippen MR) is 63.6 cm³/mol. The molecule has 0 bridgehead atoms. The van der Waals surface area contributed by atoms with Crippen LogP contribution < -0.4 is 0 Å². The van der Waals surface area contributed by atoms with Gasteiger partial charge in [-0.05, 0) is 0 Å². The maximum atomic E-state index is 5.95. The molecule has 1 rings (SSSR count). The van der Waals surface area contributed by atoms with E-state index in [0.29, 0.717) is 5.03 Å². The van der Waals surface area contributed by atoms with Crippen molar-refractivity contribution in [2.75, 3.05) is 0 Å². The van der Waals surface area contributed by atoms with Crippen molar-refractivity contribution in [3.8, 4) is 0 Å². The van der Waals surface area contributed by atoms with E-state index < -0.39 is 14.8 Å². The van der Waals surface area contributed by atoms with Crippen LogP contribution in [0.2, 0.25) is 0 Å². The van der Waals surface area contributed by atoms with E-state index in [-0.39, 0.29) is 0 Å². The summed E-state index contributed by atoms with van der Waals surface area (Å²) in [5.74, 6) is 0. The molecule has 72 valence electrons. The Morgan fingerprint density at radius 3 is 2.08 bits per heavy atom. The molecule has 0 spiro atoms. The molecular weight excluding hydrogens is 366 g/mol. The molecule has 0 aliphatic carbocycles. The molecule has 0 N–H and O–H groups in total. The summed E-state index contributed by atoms with van der Waals surface area (Å²) in [5, 5.41) is 0.516. The Hall–Kier alpha value is 0.910. The molecule has 1 aromatic carbocycles. The summed E-state index contributed by atoms with van der Waals surface area (Å²) in [6, 6.07) is 9.43. The summed E-state index contributed by atoms with van der Waals surface area (Å²) in [7, 11) is 17.2. The quantitative estimate of drug-likeness (QED) is 0.673. The molecule has 1 aromatic rings. The van der Waals surface area contributed by atoms with Crippen molar-refractivity contribution in [3.05, 3.63) is 40.0 Å². The number of hydrogen-bond acceptors (Lipinski definition) is 0. The van der Waals surface area contributed by atoms with Crippen LogP contribution in [-0.4, -0.2) is 14.8 Å². The Labute approximate surface area is 97.5 Å². The van der Waals surface area contributed by atoms with Gasteiger partial charge in [0.2, 0.25) is 0 Å². The zero-order valence-corrected chi connectivity index (χ0v) is 11.7. The van der Waals surface area contributed by atoms with Crippen molar-refractivity contribution in [1.29, 1.82) is 0 Å². The van der Waals surface area contributed by atoms with Crippen LogP contribution in [0.15, 0.2) is 34.5 Å². The molecule has 0 radical (unpaired) electrons. The van der Waals surface area contributed by atoms with Gasteiger partial charge in [0.1, 0.15) is 0 Å². The summed E-state index contributed by atoms with van der Waals surface area (Å²) < 4.78 is 1.56. The van der Waals surface area contributed by atoms with Crippen LogP contribution in [-0.2, 0) is 0 Å². The van der Waals surface area contributed by atoms with Crippen molar-refractivity contribution in [2.45, 2.75) is 0 Å². The molecule has 0 saturated carbocycles. The van der Waals surface area contributed by atoms with Gasteiger partial charge in [0.15, 0.2) is 0 Å². The normalized spacial score (nSPS) is 14.3. The van der Waals surface area contributed by atoms with Crippen LogP contribution in [0.5, 0.6) is 0 Å². The van der Waals surface area contributed by atoms with Crippen molar-refractivity contribution >= 4 is 58.3 Å².